The predicted molar refractivity (Wildman–Crippen MR) is 163 cm³/mol. The topological polar surface area (TPSA) is 84.5 Å². The minimum absolute atomic E-state index is 0.0444. The lowest BCUT2D eigenvalue weighted by Crippen LogP contribution is -2.42. The molecule has 2 fully saturated rings. The first-order valence-electron chi connectivity index (χ1n) is 16.4. The molecule has 1 N–H and O–H groups in total. The van der Waals surface area contributed by atoms with Crippen molar-refractivity contribution in [2.75, 3.05) is 39.6 Å². The second-order valence-electron chi connectivity index (χ2n) is 12.6. The van der Waals surface area contributed by atoms with Gasteiger partial charge in [0.05, 0.1) is 45.7 Å². The van der Waals surface area contributed by atoms with E-state index >= 15 is 0 Å². The number of carbonyl (C=O) groups is 1. The van der Waals surface area contributed by atoms with Crippen molar-refractivity contribution in [2.45, 2.75) is 154 Å². The van der Waals surface area contributed by atoms with Gasteiger partial charge in [-0.25, -0.2) is 0 Å². The van der Waals surface area contributed by atoms with Crippen molar-refractivity contribution in [2.24, 2.45) is 0 Å². The van der Waals surface area contributed by atoms with Gasteiger partial charge in [-0.15, -0.1) is 0 Å². The quantitative estimate of drug-likeness (QED) is 0.0983. The van der Waals surface area contributed by atoms with Gasteiger partial charge < -0.3 is 33.7 Å². The van der Waals surface area contributed by atoms with Gasteiger partial charge in [-0.05, 0) is 59.8 Å². The summed E-state index contributed by atoms with van der Waals surface area (Å²) in [7, 11) is 0. The zero-order valence-corrected chi connectivity index (χ0v) is 26.9. The molecule has 0 radical (unpaired) electrons. The molecule has 2 rings (SSSR count). The van der Waals surface area contributed by atoms with Gasteiger partial charge in [0.25, 0.3) is 0 Å². The Morgan fingerprint density at radius 3 is 1.68 bits per heavy atom. The summed E-state index contributed by atoms with van der Waals surface area (Å²) in [6.07, 6.45) is 21.2. The van der Waals surface area contributed by atoms with Gasteiger partial charge in [0.1, 0.15) is 12.2 Å². The molecule has 0 spiro atoms. The van der Waals surface area contributed by atoms with Gasteiger partial charge >= 0.3 is 0 Å². The number of allylic oxidation sites excluding steroid dienone is 2. The number of hydrogen-bond acceptors (Lipinski definition) is 7. The lowest BCUT2D eigenvalue weighted by atomic mass is 10.1. The van der Waals surface area contributed by atoms with Crippen molar-refractivity contribution in [3.8, 4) is 0 Å². The third-order valence-corrected chi connectivity index (χ3v) is 7.41. The summed E-state index contributed by atoms with van der Waals surface area (Å²) in [5, 5.41) is 3.11. The molecule has 0 bridgehead atoms. The minimum Gasteiger partial charge on any atom is -0.376 e. The van der Waals surface area contributed by atoms with Gasteiger partial charge in [-0.3, -0.25) is 4.79 Å². The largest absolute Gasteiger partial charge is 0.376 e. The maximum atomic E-state index is 12.7. The molecule has 240 valence electrons. The first-order valence-corrected chi connectivity index (χ1v) is 16.4. The highest BCUT2D eigenvalue weighted by Crippen LogP contribution is 2.23. The van der Waals surface area contributed by atoms with Crippen LogP contribution >= 0.6 is 0 Å². The molecule has 41 heavy (non-hydrogen) atoms. The fourth-order valence-electron chi connectivity index (χ4n) is 5.16. The normalized spacial score (nSPS) is 22.5. The Balaban J connectivity index is 1.55. The van der Waals surface area contributed by atoms with Crippen LogP contribution in [-0.2, 0) is 33.2 Å². The third-order valence-electron chi connectivity index (χ3n) is 7.41. The van der Waals surface area contributed by atoms with Gasteiger partial charge in [0.15, 0.2) is 11.6 Å². The van der Waals surface area contributed by atoms with Gasteiger partial charge in [0, 0.05) is 6.42 Å². The summed E-state index contributed by atoms with van der Waals surface area (Å²) >= 11 is 0. The van der Waals surface area contributed by atoms with Gasteiger partial charge in [0.2, 0.25) is 5.91 Å². The Labute approximate surface area is 250 Å². The molecular formula is C33H61NO7. The minimum atomic E-state index is -0.578. The second kappa shape index (κ2) is 20.8. The predicted octanol–water partition coefficient (Wildman–Crippen LogP) is 6.84. The highest BCUT2D eigenvalue weighted by molar-refractivity contribution is 5.76. The molecule has 0 aliphatic carbocycles. The van der Waals surface area contributed by atoms with Crippen LogP contribution in [0.15, 0.2) is 12.2 Å². The zero-order chi connectivity index (χ0) is 29.8. The molecule has 8 nitrogen and oxygen atoms in total. The summed E-state index contributed by atoms with van der Waals surface area (Å²) in [5.41, 5.74) is 0. The van der Waals surface area contributed by atoms with E-state index in [9.17, 15) is 4.79 Å². The highest BCUT2D eigenvalue weighted by atomic mass is 16.8. The molecule has 1 amide bonds. The van der Waals surface area contributed by atoms with E-state index in [1.807, 2.05) is 27.7 Å². The van der Waals surface area contributed by atoms with E-state index in [-0.39, 0.29) is 24.2 Å². The van der Waals surface area contributed by atoms with Crippen molar-refractivity contribution in [1.29, 1.82) is 0 Å². The van der Waals surface area contributed by atoms with Crippen molar-refractivity contribution < 1.29 is 33.2 Å². The summed E-state index contributed by atoms with van der Waals surface area (Å²) in [6.45, 7) is 12.4. The summed E-state index contributed by atoms with van der Waals surface area (Å²) in [5.74, 6) is -1.11. The van der Waals surface area contributed by atoms with E-state index in [0.29, 0.717) is 46.1 Å². The van der Waals surface area contributed by atoms with Crippen LogP contribution in [0.2, 0.25) is 0 Å². The Hall–Kier alpha value is -1.03. The maximum absolute atomic E-state index is 12.7. The molecule has 2 saturated heterocycles. The monoisotopic (exact) mass is 583 g/mol. The average molecular weight is 584 g/mol. The van der Waals surface area contributed by atoms with E-state index in [4.69, 9.17) is 28.4 Å². The SMILES string of the molecule is CCCCCCCC/C=C\CCCCCCCC(=O)NC(COCC1COC(C)(C)O1)COCC1COC(C)(C)O1. The summed E-state index contributed by atoms with van der Waals surface area (Å²) in [4.78, 5) is 12.7. The number of hydrogen-bond donors (Lipinski definition) is 1. The molecule has 2 aliphatic rings. The van der Waals surface area contributed by atoms with Crippen molar-refractivity contribution in [3.63, 3.8) is 0 Å². The fraction of sp³-hybridized carbons (Fsp3) is 0.909. The zero-order valence-electron chi connectivity index (χ0n) is 26.9. The van der Waals surface area contributed by atoms with E-state index in [2.05, 4.69) is 24.4 Å². The van der Waals surface area contributed by atoms with Crippen LogP contribution in [-0.4, -0.2) is 75.4 Å². The number of rotatable bonds is 24. The first kappa shape index (κ1) is 36.2. The molecule has 8 heteroatoms. The Morgan fingerprint density at radius 2 is 1.22 bits per heavy atom. The van der Waals surface area contributed by atoms with E-state index < -0.39 is 11.6 Å². The summed E-state index contributed by atoms with van der Waals surface area (Å²) < 4.78 is 34.6. The van der Waals surface area contributed by atoms with Crippen LogP contribution < -0.4 is 5.32 Å². The standard InChI is InChI=1S/C33H61NO7/c1-6-7-8-9-10-11-12-13-14-15-16-17-18-19-20-21-31(35)34-28(22-36-24-29-26-38-32(2,3)40-29)23-37-25-30-27-39-33(4,5)41-30/h13-14,28-30H,6-12,15-27H2,1-5H3,(H,34,35)/b14-13-. The van der Waals surface area contributed by atoms with Crippen molar-refractivity contribution in [1.82, 2.24) is 5.32 Å². The number of unbranched alkanes of at least 4 members (excludes halogenated alkanes) is 11. The molecule has 2 unspecified atom stereocenters. The molecule has 0 aromatic heterocycles. The molecule has 2 atom stereocenters. The molecule has 0 aromatic rings. The molecule has 0 saturated carbocycles. The van der Waals surface area contributed by atoms with Crippen molar-refractivity contribution >= 4 is 5.91 Å². The fourth-order valence-corrected chi connectivity index (χ4v) is 5.16. The maximum Gasteiger partial charge on any atom is 0.220 e. The highest BCUT2D eigenvalue weighted by Gasteiger charge is 2.34. The molecule has 2 heterocycles. The summed E-state index contributed by atoms with van der Waals surface area (Å²) in [6, 6.07) is -0.240. The van der Waals surface area contributed by atoms with E-state index in [1.165, 1.54) is 70.6 Å². The smallest absolute Gasteiger partial charge is 0.220 e. The number of carbonyl (C=O) groups excluding carboxylic acids is 1. The molecule has 0 aromatic carbocycles. The molecular weight excluding hydrogens is 522 g/mol. The van der Waals surface area contributed by atoms with Crippen LogP contribution in [0.5, 0.6) is 0 Å². The number of ether oxygens (including phenoxy) is 6. The molecule has 2 aliphatic heterocycles. The van der Waals surface area contributed by atoms with Crippen LogP contribution in [0.25, 0.3) is 0 Å². The average Bonchev–Trinajstić information content (AvgIpc) is 3.45. The Bertz CT molecular complexity index is 680. The van der Waals surface area contributed by atoms with Gasteiger partial charge in [-0.2, -0.15) is 0 Å². The van der Waals surface area contributed by atoms with Crippen LogP contribution in [0.3, 0.4) is 0 Å². The van der Waals surface area contributed by atoms with E-state index in [1.54, 1.807) is 0 Å². The van der Waals surface area contributed by atoms with Crippen LogP contribution in [0, 0.1) is 0 Å². The Morgan fingerprint density at radius 1 is 0.756 bits per heavy atom. The number of nitrogens with one attached hydrogen (secondary N) is 1. The van der Waals surface area contributed by atoms with Crippen LogP contribution in [0.1, 0.15) is 125 Å². The van der Waals surface area contributed by atoms with Crippen molar-refractivity contribution in [3.05, 3.63) is 12.2 Å². The lowest BCUT2D eigenvalue weighted by molar-refractivity contribution is -0.147. The third kappa shape index (κ3) is 18.3. The van der Waals surface area contributed by atoms with Gasteiger partial charge in [-0.1, -0.05) is 70.4 Å². The van der Waals surface area contributed by atoms with Crippen LogP contribution in [0.4, 0.5) is 0 Å². The number of amides is 1. The Kier molecular flexibility index (Phi) is 18.3. The first-order chi connectivity index (χ1) is 19.7. The van der Waals surface area contributed by atoms with E-state index in [0.717, 1.165) is 12.8 Å². The lowest BCUT2D eigenvalue weighted by Gasteiger charge is -2.22. The second-order valence-corrected chi connectivity index (χ2v) is 12.6.